The molecule has 108 valence electrons. The number of ether oxygens (including phenoxy) is 1. The Hall–Kier alpha value is -1.56. The van der Waals surface area contributed by atoms with Gasteiger partial charge in [-0.05, 0) is 11.5 Å². The highest BCUT2D eigenvalue weighted by molar-refractivity contribution is 9.09. The summed E-state index contributed by atoms with van der Waals surface area (Å²) >= 11 is 3.28. The third-order valence-corrected chi connectivity index (χ3v) is 4.02. The van der Waals surface area contributed by atoms with E-state index in [9.17, 15) is 9.59 Å². The average Bonchev–Trinajstić information content (AvgIpc) is 2.80. The Labute approximate surface area is 125 Å². The van der Waals surface area contributed by atoms with Gasteiger partial charge in [0.1, 0.15) is 17.5 Å². The number of nitrogens with zero attached hydrogens (tertiary/aromatic N) is 1. The minimum Gasteiger partial charge on any atom is -0.445 e. The molecule has 2 rings (SSSR count). The van der Waals surface area contributed by atoms with Crippen LogP contribution in [0.15, 0.2) is 30.3 Å². The number of rotatable bonds is 4. The molecule has 1 aliphatic rings. The summed E-state index contributed by atoms with van der Waals surface area (Å²) in [5.74, 6) is -0.402. The van der Waals surface area contributed by atoms with E-state index in [1.807, 2.05) is 44.2 Å². The molecule has 1 aromatic rings. The highest BCUT2D eigenvalue weighted by atomic mass is 79.9. The molecular formula is C14H16BrNO4. The molecule has 0 spiro atoms. The first kappa shape index (κ1) is 14.8. The van der Waals surface area contributed by atoms with Crippen molar-refractivity contribution in [3.05, 3.63) is 35.9 Å². The molecular weight excluding hydrogens is 326 g/mol. The highest BCUT2D eigenvalue weighted by Gasteiger charge is 2.39. The largest absolute Gasteiger partial charge is 0.445 e. The third kappa shape index (κ3) is 3.12. The van der Waals surface area contributed by atoms with Gasteiger partial charge in [0.15, 0.2) is 0 Å². The molecule has 5 nitrogen and oxygen atoms in total. The Kier molecular flexibility index (Phi) is 4.65. The first-order valence-electron chi connectivity index (χ1n) is 6.37. The van der Waals surface area contributed by atoms with Crippen LogP contribution in [0.25, 0.3) is 0 Å². The molecule has 1 aliphatic heterocycles. The van der Waals surface area contributed by atoms with Crippen molar-refractivity contribution in [3.8, 4) is 0 Å². The van der Waals surface area contributed by atoms with Gasteiger partial charge in [-0.15, -0.1) is 5.06 Å². The van der Waals surface area contributed by atoms with E-state index < -0.39 is 16.9 Å². The van der Waals surface area contributed by atoms with Crippen molar-refractivity contribution >= 4 is 28.0 Å². The summed E-state index contributed by atoms with van der Waals surface area (Å²) < 4.78 is 4.92. The van der Waals surface area contributed by atoms with Crippen molar-refractivity contribution in [1.82, 2.24) is 5.06 Å². The van der Waals surface area contributed by atoms with Gasteiger partial charge < -0.3 is 9.57 Å². The lowest BCUT2D eigenvalue weighted by Gasteiger charge is -2.23. The van der Waals surface area contributed by atoms with E-state index >= 15 is 0 Å². The van der Waals surface area contributed by atoms with E-state index in [1.165, 1.54) is 0 Å². The van der Waals surface area contributed by atoms with E-state index in [-0.39, 0.29) is 18.6 Å². The molecule has 0 bridgehead atoms. The molecule has 6 heteroatoms. The Morgan fingerprint density at radius 1 is 1.40 bits per heavy atom. The molecule has 0 saturated carbocycles. The lowest BCUT2D eigenvalue weighted by atomic mass is 10.1. The minimum atomic E-state index is -0.621. The fourth-order valence-electron chi connectivity index (χ4n) is 1.89. The van der Waals surface area contributed by atoms with Crippen LogP contribution in [-0.4, -0.2) is 29.8 Å². The van der Waals surface area contributed by atoms with Gasteiger partial charge in [0.25, 0.3) is 0 Å². The van der Waals surface area contributed by atoms with Crippen LogP contribution >= 0.6 is 15.9 Å². The molecule has 1 fully saturated rings. The molecule has 1 amide bonds. The third-order valence-electron chi connectivity index (χ3n) is 3.12. The summed E-state index contributed by atoms with van der Waals surface area (Å²) in [4.78, 5) is 28.3. The zero-order valence-corrected chi connectivity index (χ0v) is 12.9. The van der Waals surface area contributed by atoms with Crippen molar-refractivity contribution in [3.63, 3.8) is 0 Å². The lowest BCUT2D eigenvalue weighted by molar-refractivity contribution is -0.182. The number of benzene rings is 1. The molecule has 2 atom stereocenters. The summed E-state index contributed by atoms with van der Waals surface area (Å²) in [6.07, 6.45) is -0.621. The predicted molar refractivity (Wildman–Crippen MR) is 76.0 cm³/mol. The molecule has 1 saturated heterocycles. The predicted octanol–water partition coefficient (Wildman–Crippen LogP) is 3.06. The molecule has 0 N–H and O–H groups in total. The quantitative estimate of drug-likeness (QED) is 0.789. The van der Waals surface area contributed by atoms with Crippen LogP contribution in [0.3, 0.4) is 0 Å². The summed E-state index contributed by atoms with van der Waals surface area (Å²) in [5.41, 5.74) is 0.770. The van der Waals surface area contributed by atoms with E-state index in [0.717, 1.165) is 10.6 Å². The van der Waals surface area contributed by atoms with E-state index in [1.54, 1.807) is 0 Å². The van der Waals surface area contributed by atoms with Gasteiger partial charge in [-0.3, -0.25) is 0 Å². The molecule has 0 aliphatic carbocycles. The average molecular weight is 342 g/mol. The zero-order chi connectivity index (χ0) is 14.7. The SMILES string of the molecule is CC(C)[C@@H]1COC(=O)N1OC(=O)C(Br)c1ccccc1. The monoisotopic (exact) mass is 341 g/mol. The Morgan fingerprint density at radius 2 is 2.05 bits per heavy atom. The number of halogens is 1. The number of cyclic esters (lactones) is 1. The smallest absolute Gasteiger partial charge is 0.443 e. The van der Waals surface area contributed by atoms with E-state index in [2.05, 4.69) is 15.9 Å². The number of carbonyl (C=O) groups excluding carboxylic acids is 2. The summed E-state index contributed by atoms with van der Waals surface area (Å²) in [6, 6.07) is 8.89. The number of hydroxylamine groups is 2. The molecule has 0 radical (unpaired) electrons. The maximum absolute atomic E-state index is 12.1. The maximum atomic E-state index is 12.1. The summed E-state index contributed by atoms with van der Waals surface area (Å²) in [7, 11) is 0. The Balaban J connectivity index is 2.05. The standard InChI is InChI=1S/C14H16BrNO4/c1-9(2)11-8-19-14(18)16(11)20-13(17)12(15)10-6-4-3-5-7-10/h3-7,9,11-12H,8H2,1-2H3/t11-,12?/m0/s1. The van der Waals surface area contributed by atoms with E-state index in [0.29, 0.717) is 0 Å². The number of hydrogen-bond acceptors (Lipinski definition) is 4. The van der Waals surface area contributed by atoms with Crippen LogP contribution in [0.5, 0.6) is 0 Å². The molecule has 1 unspecified atom stereocenters. The summed E-state index contributed by atoms with van der Waals surface area (Å²) in [6.45, 7) is 4.12. The second kappa shape index (κ2) is 6.26. The van der Waals surface area contributed by atoms with Gasteiger partial charge in [-0.25, -0.2) is 9.59 Å². The van der Waals surface area contributed by atoms with Crippen LogP contribution < -0.4 is 0 Å². The molecule has 1 aromatic carbocycles. The molecule has 0 aromatic heterocycles. The molecule has 20 heavy (non-hydrogen) atoms. The van der Waals surface area contributed by atoms with Gasteiger partial charge in [0.05, 0.1) is 0 Å². The second-order valence-electron chi connectivity index (χ2n) is 4.90. The highest BCUT2D eigenvalue weighted by Crippen LogP contribution is 2.27. The van der Waals surface area contributed by atoms with Crippen LogP contribution in [0, 0.1) is 5.92 Å². The van der Waals surface area contributed by atoms with Gasteiger partial charge in [-0.1, -0.05) is 60.1 Å². The van der Waals surface area contributed by atoms with Crippen LogP contribution in [0.4, 0.5) is 4.79 Å². The fourth-order valence-corrected chi connectivity index (χ4v) is 2.28. The number of carbonyl (C=O) groups is 2. The number of amides is 1. The first-order chi connectivity index (χ1) is 9.50. The Bertz CT molecular complexity index is 491. The van der Waals surface area contributed by atoms with Gasteiger partial charge in [0, 0.05) is 0 Å². The topological polar surface area (TPSA) is 55.8 Å². The summed E-state index contributed by atoms with van der Waals surface area (Å²) in [5, 5.41) is 1.03. The Morgan fingerprint density at radius 3 is 2.65 bits per heavy atom. The number of hydrogen-bond donors (Lipinski definition) is 0. The lowest BCUT2D eigenvalue weighted by Crippen LogP contribution is -2.39. The maximum Gasteiger partial charge on any atom is 0.443 e. The van der Waals surface area contributed by atoms with Crippen molar-refractivity contribution < 1.29 is 19.2 Å². The van der Waals surface area contributed by atoms with Crippen molar-refractivity contribution in [2.75, 3.05) is 6.61 Å². The molecule has 1 heterocycles. The van der Waals surface area contributed by atoms with Gasteiger partial charge in [-0.2, -0.15) is 0 Å². The second-order valence-corrected chi connectivity index (χ2v) is 5.81. The van der Waals surface area contributed by atoms with Crippen LogP contribution in [-0.2, 0) is 14.4 Å². The van der Waals surface area contributed by atoms with Gasteiger partial charge >= 0.3 is 12.1 Å². The van der Waals surface area contributed by atoms with Crippen LogP contribution in [0.1, 0.15) is 24.2 Å². The van der Waals surface area contributed by atoms with Crippen molar-refractivity contribution in [2.45, 2.75) is 24.7 Å². The minimum absolute atomic E-state index is 0.139. The first-order valence-corrected chi connectivity index (χ1v) is 7.29. The van der Waals surface area contributed by atoms with Crippen molar-refractivity contribution in [1.29, 1.82) is 0 Å². The van der Waals surface area contributed by atoms with Crippen molar-refractivity contribution in [2.24, 2.45) is 5.92 Å². The zero-order valence-electron chi connectivity index (χ0n) is 11.3. The number of alkyl halides is 1. The van der Waals surface area contributed by atoms with Crippen LogP contribution in [0.2, 0.25) is 0 Å². The van der Waals surface area contributed by atoms with E-state index in [4.69, 9.17) is 9.57 Å². The van der Waals surface area contributed by atoms with Gasteiger partial charge in [0.2, 0.25) is 0 Å². The fraction of sp³-hybridized carbons (Fsp3) is 0.429. The normalized spacial score (nSPS) is 19.9.